The van der Waals surface area contributed by atoms with Crippen molar-refractivity contribution in [2.24, 2.45) is 5.92 Å². The first-order valence-electron chi connectivity index (χ1n) is 3.88. The van der Waals surface area contributed by atoms with E-state index in [-0.39, 0.29) is 12.2 Å². The van der Waals surface area contributed by atoms with Gasteiger partial charge in [0.1, 0.15) is 19.1 Å². The van der Waals surface area contributed by atoms with Gasteiger partial charge in [-0.25, -0.2) is 4.79 Å². The molecule has 1 rings (SSSR count). The van der Waals surface area contributed by atoms with Crippen LogP contribution in [0.3, 0.4) is 0 Å². The Kier molecular flexibility index (Phi) is 2.85. The number of carboxylic acid groups (broad SMARTS) is 1. The molecule has 2 N–H and O–H groups in total. The minimum atomic E-state index is -1.14. The van der Waals surface area contributed by atoms with E-state index < -0.39 is 30.3 Å². The summed E-state index contributed by atoms with van der Waals surface area (Å²) in [6, 6.07) is 0. The highest BCUT2D eigenvalue weighted by Gasteiger charge is 2.34. The first-order chi connectivity index (χ1) is 6.52. The molecule has 1 saturated heterocycles. The molecule has 6 heteroatoms. The van der Waals surface area contributed by atoms with Crippen LogP contribution in [0, 0.1) is 5.92 Å². The van der Waals surface area contributed by atoms with Crippen molar-refractivity contribution in [3.63, 3.8) is 0 Å². The summed E-state index contributed by atoms with van der Waals surface area (Å²) in [7, 11) is 0. The lowest BCUT2D eigenvalue weighted by molar-refractivity contribution is -0.138. The molecular formula is C8H9NO5. The summed E-state index contributed by atoms with van der Waals surface area (Å²) in [6.07, 6.45) is 0. The first kappa shape index (κ1) is 10.2. The van der Waals surface area contributed by atoms with E-state index >= 15 is 0 Å². The Morgan fingerprint density at radius 1 is 1.64 bits per heavy atom. The van der Waals surface area contributed by atoms with Crippen molar-refractivity contribution in [1.82, 2.24) is 5.32 Å². The molecule has 0 bridgehead atoms. The van der Waals surface area contributed by atoms with Crippen LogP contribution in [0.4, 0.5) is 0 Å². The van der Waals surface area contributed by atoms with E-state index in [1.54, 1.807) is 0 Å². The number of rotatable bonds is 3. The molecule has 1 heterocycles. The van der Waals surface area contributed by atoms with Gasteiger partial charge in [-0.05, 0) is 0 Å². The van der Waals surface area contributed by atoms with E-state index in [0.29, 0.717) is 0 Å². The van der Waals surface area contributed by atoms with Gasteiger partial charge in [-0.15, -0.1) is 0 Å². The van der Waals surface area contributed by atoms with Gasteiger partial charge in [-0.1, -0.05) is 6.58 Å². The Balaban J connectivity index is 2.50. The van der Waals surface area contributed by atoms with Crippen LogP contribution in [0.5, 0.6) is 0 Å². The molecule has 14 heavy (non-hydrogen) atoms. The zero-order valence-corrected chi connectivity index (χ0v) is 7.28. The van der Waals surface area contributed by atoms with Crippen molar-refractivity contribution in [1.29, 1.82) is 0 Å². The van der Waals surface area contributed by atoms with Gasteiger partial charge in [0.2, 0.25) is 5.91 Å². The lowest BCUT2D eigenvalue weighted by Gasteiger charge is -2.06. The maximum Gasteiger partial charge on any atom is 0.334 e. The smallest absolute Gasteiger partial charge is 0.334 e. The van der Waals surface area contributed by atoms with Crippen molar-refractivity contribution in [2.75, 3.05) is 13.2 Å². The Bertz CT molecular complexity index is 309. The molecule has 1 unspecified atom stereocenters. The van der Waals surface area contributed by atoms with Crippen LogP contribution < -0.4 is 5.32 Å². The van der Waals surface area contributed by atoms with Gasteiger partial charge < -0.3 is 15.2 Å². The molecule has 1 fully saturated rings. The van der Waals surface area contributed by atoms with Gasteiger partial charge in [-0.2, -0.15) is 0 Å². The van der Waals surface area contributed by atoms with Crippen molar-refractivity contribution < 1.29 is 24.2 Å². The fourth-order valence-corrected chi connectivity index (χ4v) is 1.01. The highest BCUT2D eigenvalue weighted by atomic mass is 16.5. The van der Waals surface area contributed by atoms with Crippen LogP contribution in [0.2, 0.25) is 0 Å². The number of hydrogen-bond acceptors (Lipinski definition) is 4. The fourth-order valence-electron chi connectivity index (χ4n) is 1.01. The molecule has 0 aromatic carbocycles. The molecule has 1 aliphatic heterocycles. The van der Waals surface area contributed by atoms with Crippen LogP contribution in [-0.2, 0) is 19.1 Å². The zero-order valence-electron chi connectivity index (χ0n) is 7.28. The molecule has 0 aromatic heterocycles. The lowest BCUT2D eigenvalue weighted by atomic mass is 10.0. The standard InChI is InChI=1S/C8H9NO5/c1-4-5(3-14-8(4)13)7(12)9-2-6(10)11/h5H,1-3H2,(H,9,12)(H,10,11). The largest absolute Gasteiger partial charge is 0.480 e. The Labute approximate surface area is 79.5 Å². The predicted molar refractivity (Wildman–Crippen MR) is 44.2 cm³/mol. The van der Waals surface area contributed by atoms with Crippen LogP contribution in [0.1, 0.15) is 0 Å². The van der Waals surface area contributed by atoms with E-state index in [9.17, 15) is 14.4 Å². The van der Waals surface area contributed by atoms with E-state index in [0.717, 1.165) is 0 Å². The number of esters is 1. The quantitative estimate of drug-likeness (QED) is 0.445. The van der Waals surface area contributed by atoms with Gasteiger partial charge in [0.05, 0.1) is 0 Å². The Hall–Kier alpha value is -1.85. The second kappa shape index (κ2) is 3.91. The Morgan fingerprint density at radius 2 is 2.29 bits per heavy atom. The third-order valence-corrected chi connectivity index (χ3v) is 1.79. The molecule has 0 saturated carbocycles. The second-order valence-corrected chi connectivity index (χ2v) is 2.79. The molecule has 1 aliphatic rings. The number of carbonyl (C=O) groups excluding carboxylic acids is 2. The zero-order chi connectivity index (χ0) is 10.7. The van der Waals surface area contributed by atoms with Gasteiger partial charge in [0.25, 0.3) is 0 Å². The summed E-state index contributed by atoms with van der Waals surface area (Å²) in [4.78, 5) is 32.2. The maximum atomic E-state index is 11.2. The van der Waals surface area contributed by atoms with Gasteiger partial charge >= 0.3 is 11.9 Å². The van der Waals surface area contributed by atoms with Gasteiger partial charge in [0, 0.05) is 5.57 Å². The molecule has 1 atom stereocenters. The van der Waals surface area contributed by atoms with E-state index in [1.807, 2.05) is 0 Å². The molecule has 0 spiro atoms. The molecule has 76 valence electrons. The third-order valence-electron chi connectivity index (χ3n) is 1.79. The number of carboxylic acids is 1. The molecule has 0 aliphatic carbocycles. The molecular weight excluding hydrogens is 190 g/mol. The van der Waals surface area contributed by atoms with Gasteiger partial charge in [0.15, 0.2) is 0 Å². The summed E-state index contributed by atoms with van der Waals surface area (Å²) < 4.78 is 4.56. The fraction of sp³-hybridized carbons (Fsp3) is 0.375. The summed E-state index contributed by atoms with van der Waals surface area (Å²) in [5.74, 6) is -3.07. The number of aliphatic carboxylic acids is 1. The second-order valence-electron chi connectivity index (χ2n) is 2.79. The van der Waals surface area contributed by atoms with Crippen LogP contribution in [0.25, 0.3) is 0 Å². The predicted octanol–water partition coefficient (Wildman–Crippen LogP) is -1.08. The lowest BCUT2D eigenvalue weighted by Crippen LogP contribution is -2.35. The van der Waals surface area contributed by atoms with Crippen molar-refractivity contribution in [3.8, 4) is 0 Å². The Morgan fingerprint density at radius 3 is 2.71 bits per heavy atom. The highest BCUT2D eigenvalue weighted by molar-refractivity contribution is 5.99. The van der Waals surface area contributed by atoms with Crippen molar-refractivity contribution in [2.45, 2.75) is 0 Å². The van der Waals surface area contributed by atoms with Crippen molar-refractivity contribution in [3.05, 3.63) is 12.2 Å². The average molecular weight is 199 g/mol. The van der Waals surface area contributed by atoms with E-state index in [2.05, 4.69) is 16.6 Å². The normalized spacial score (nSPS) is 20.4. The molecule has 0 aromatic rings. The van der Waals surface area contributed by atoms with Crippen LogP contribution >= 0.6 is 0 Å². The number of ether oxygens (including phenoxy) is 1. The SMILES string of the molecule is C=C1C(=O)OCC1C(=O)NCC(=O)O. The highest BCUT2D eigenvalue weighted by Crippen LogP contribution is 2.19. The van der Waals surface area contributed by atoms with Crippen molar-refractivity contribution >= 4 is 17.8 Å². The maximum absolute atomic E-state index is 11.2. The summed E-state index contributed by atoms with van der Waals surface area (Å²) in [5, 5.41) is 10.4. The van der Waals surface area contributed by atoms with E-state index in [4.69, 9.17) is 5.11 Å². The summed E-state index contributed by atoms with van der Waals surface area (Å²) in [5.41, 5.74) is 0.0629. The first-order valence-corrected chi connectivity index (χ1v) is 3.88. The van der Waals surface area contributed by atoms with E-state index in [1.165, 1.54) is 0 Å². The number of hydrogen-bond donors (Lipinski definition) is 2. The van der Waals surface area contributed by atoms with Crippen LogP contribution in [0.15, 0.2) is 12.2 Å². The monoisotopic (exact) mass is 199 g/mol. The minimum Gasteiger partial charge on any atom is -0.480 e. The minimum absolute atomic E-state index is 0.0629. The average Bonchev–Trinajstić information content (AvgIpc) is 2.44. The third kappa shape index (κ3) is 2.09. The van der Waals surface area contributed by atoms with Gasteiger partial charge in [-0.3, -0.25) is 9.59 Å². The number of nitrogens with one attached hydrogen (secondary N) is 1. The summed E-state index contributed by atoms with van der Waals surface area (Å²) in [6.45, 7) is 2.84. The molecule has 1 amide bonds. The molecule has 0 radical (unpaired) electrons. The number of cyclic esters (lactones) is 1. The van der Waals surface area contributed by atoms with Crippen LogP contribution in [-0.4, -0.2) is 36.1 Å². The number of carbonyl (C=O) groups is 3. The topological polar surface area (TPSA) is 92.7 Å². The molecule has 6 nitrogen and oxygen atoms in total. The summed E-state index contributed by atoms with van der Waals surface area (Å²) >= 11 is 0. The number of amides is 1.